The van der Waals surface area contributed by atoms with Crippen molar-refractivity contribution in [3.05, 3.63) is 180 Å². The number of benzene rings is 7. The summed E-state index contributed by atoms with van der Waals surface area (Å²) in [4.78, 5) is 17.5. The van der Waals surface area contributed by atoms with Gasteiger partial charge in [0.1, 0.15) is 11.0 Å². The van der Waals surface area contributed by atoms with Gasteiger partial charge < -0.3 is 9.47 Å². The highest BCUT2D eigenvalue weighted by Crippen LogP contribution is 2.48. The number of hydrogen-bond donors (Lipinski definition) is 0. The molecule has 6 heteroatoms. The molecular weight excluding hydrogens is 603 g/mol. The maximum atomic E-state index is 13.5. The van der Waals surface area contributed by atoms with Gasteiger partial charge >= 0.3 is 0 Å². The number of anilines is 3. The molecule has 9 aromatic rings. The van der Waals surface area contributed by atoms with Gasteiger partial charge in [-0.05, 0) is 72.3 Å². The minimum absolute atomic E-state index is 0.0312. The standard InChI is InChI=1S/C43H27N5O/c1-27-30-12-4-8-18-37(30)46(38-19-9-5-13-31(27)38)28-22-24-29(25-23-28)48-44-36-26-41(32-14-2-3-15-33(32)42(36)45-48)47-39-20-10-6-16-34(39)43(49)35-17-7-11-21-40(35)47/h2-26H,1H2. The first-order valence-corrected chi connectivity index (χ1v) is 16.3. The summed E-state index contributed by atoms with van der Waals surface area (Å²) < 4.78 is 2.19. The van der Waals surface area contributed by atoms with Crippen molar-refractivity contribution in [2.45, 2.75) is 0 Å². The first-order chi connectivity index (χ1) is 24.2. The summed E-state index contributed by atoms with van der Waals surface area (Å²) in [6.07, 6.45) is 0. The van der Waals surface area contributed by atoms with Crippen LogP contribution in [-0.4, -0.2) is 19.6 Å². The van der Waals surface area contributed by atoms with E-state index < -0.39 is 0 Å². The molecule has 0 N–H and O–H groups in total. The summed E-state index contributed by atoms with van der Waals surface area (Å²) in [5, 5.41) is 13.4. The minimum atomic E-state index is 0.0312. The first kappa shape index (κ1) is 27.3. The Balaban J connectivity index is 1.14. The van der Waals surface area contributed by atoms with Crippen molar-refractivity contribution in [2.75, 3.05) is 4.90 Å². The van der Waals surface area contributed by atoms with E-state index in [-0.39, 0.29) is 5.43 Å². The second-order valence-corrected chi connectivity index (χ2v) is 12.4. The third-order valence-corrected chi connectivity index (χ3v) is 9.67. The number of nitrogens with zero attached hydrogens (tertiary/aromatic N) is 5. The number of fused-ring (bicyclic) bond motifs is 7. The van der Waals surface area contributed by atoms with Crippen molar-refractivity contribution >= 4 is 66.2 Å². The van der Waals surface area contributed by atoms with E-state index in [2.05, 4.69) is 107 Å². The summed E-state index contributed by atoms with van der Waals surface area (Å²) in [5.41, 5.74) is 11.6. The summed E-state index contributed by atoms with van der Waals surface area (Å²) in [6, 6.07) is 51.1. The average molecular weight is 630 g/mol. The van der Waals surface area contributed by atoms with Gasteiger partial charge in [0, 0.05) is 38.4 Å². The van der Waals surface area contributed by atoms with Crippen LogP contribution in [0.25, 0.3) is 60.6 Å². The highest BCUT2D eigenvalue weighted by Gasteiger charge is 2.26. The number of pyridine rings is 1. The summed E-state index contributed by atoms with van der Waals surface area (Å²) in [5.74, 6) is 0. The van der Waals surface area contributed by atoms with Gasteiger partial charge in [-0.25, -0.2) is 0 Å². The maximum Gasteiger partial charge on any atom is 0.197 e. The molecule has 0 amide bonds. The lowest BCUT2D eigenvalue weighted by Crippen LogP contribution is -2.17. The zero-order valence-electron chi connectivity index (χ0n) is 26.3. The molecule has 1 aliphatic rings. The van der Waals surface area contributed by atoms with Crippen LogP contribution in [0.2, 0.25) is 0 Å². The second kappa shape index (κ2) is 10.4. The Bertz CT molecular complexity index is 2770. The fourth-order valence-corrected chi connectivity index (χ4v) is 7.42. The van der Waals surface area contributed by atoms with Gasteiger partial charge in [-0.3, -0.25) is 4.79 Å². The molecule has 0 radical (unpaired) electrons. The fraction of sp³-hybridized carbons (Fsp3) is 0. The van der Waals surface area contributed by atoms with Crippen LogP contribution in [0.1, 0.15) is 11.1 Å². The summed E-state index contributed by atoms with van der Waals surface area (Å²) in [7, 11) is 0. The molecule has 1 aliphatic heterocycles. The molecule has 0 atom stereocenters. The molecule has 49 heavy (non-hydrogen) atoms. The zero-order valence-corrected chi connectivity index (χ0v) is 26.3. The van der Waals surface area contributed by atoms with E-state index in [1.165, 1.54) is 0 Å². The second-order valence-electron chi connectivity index (χ2n) is 12.4. The largest absolute Gasteiger partial charge is 0.309 e. The van der Waals surface area contributed by atoms with E-state index in [1.807, 2.05) is 60.7 Å². The monoisotopic (exact) mass is 629 g/mol. The molecular formula is C43H27N5O. The molecule has 0 unspecified atom stereocenters. The number of para-hydroxylation sites is 4. The minimum Gasteiger partial charge on any atom is -0.309 e. The Kier molecular flexibility index (Phi) is 5.78. The van der Waals surface area contributed by atoms with Crippen LogP contribution < -0.4 is 10.3 Å². The SMILES string of the molecule is C=C1c2ccccc2N(c2ccc(-n3nc4cc(-n5c6ccccc6c(=O)c6ccccc65)c5ccccc5c4n3)cc2)c2ccccc21. The van der Waals surface area contributed by atoms with Crippen LogP contribution >= 0.6 is 0 Å². The Morgan fingerprint density at radius 1 is 0.490 bits per heavy atom. The van der Waals surface area contributed by atoms with Crippen molar-refractivity contribution in [1.82, 2.24) is 19.6 Å². The van der Waals surface area contributed by atoms with E-state index >= 15 is 0 Å². The molecule has 0 saturated carbocycles. The molecule has 10 rings (SSSR count). The molecule has 0 spiro atoms. The van der Waals surface area contributed by atoms with Crippen LogP contribution in [-0.2, 0) is 0 Å². The maximum absolute atomic E-state index is 13.5. The third-order valence-electron chi connectivity index (χ3n) is 9.67. The average Bonchev–Trinajstić information content (AvgIpc) is 3.60. The Labute approximate surface area is 281 Å². The van der Waals surface area contributed by atoms with E-state index in [0.29, 0.717) is 10.8 Å². The van der Waals surface area contributed by atoms with Gasteiger partial charge in [-0.2, -0.15) is 4.80 Å². The van der Waals surface area contributed by atoms with Gasteiger partial charge in [0.05, 0.1) is 33.8 Å². The zero-order chi connectivity index (χ0) is 32.6. The lowest BCUT2D eigenvalue weighted by Gasteiger charge is -2.34. The van der Waals surface area contributed by atoms with E-state index in [4.69, 9.17) is 10.2 Å². The predicted molar refractivity (Wildman–Crippen MR) is 200 cm³/mol. The molecule has 0 fully saturated rings. The van der Waals surface area contributed by atoms with Crippen LogP contribution in [0.5, 0.6) is 0 Å². The van der Waals surface area contributed by atoms with Crippen LogP contribution in [0.3, 0.4) is 0 Å². The smallest absolute Gasteiger partial charge is 0.197 e. The molecule has 0 bridgehead atoms. The lowest BCUT2D eigenvalue weighted by molar-refractivity contribution is 0.766. The van der Waals surface area contributed by atoms with Gasteiger partial charge in [-0.1, -0.05) is 91.5 Å². The van der Waals surface area contributed by atoms with Crippen molar-refractivity contribution in [3.63, 3.8) is 0 Å². The lowest BCUT2D eigenvalue weighted by atomic mass is 9.91. The number of rotatable bonds is 3. The molecule has 3 heterocycles. The van der Waals surface area contributed by atoms with E-state index in [0.717, 1.165) is 78.0 Å². The molecule has 230 valence electrons. The Morgan fingerprint density at radius 3 is 1.63 bits per heavy atom. The highest BCUT2D eigenvalue weighted by molar-refractivity contribution is 6.10. The van der Waals surface area contributed by atoms with Crippen molar-refractivity contribution in [1.29, 1.82) is 0 Å². The van der Waals surface area contributed by atoms with Crippen molar-refractivity contribution in [2.24, 2.45) is 0 Å². The molecule has 7 aromatic carbocycles. The normalized spacial score (nSPS) is 12.6. The van der Waals surface area contributed by atoms with E-state index in [1.54, 1.807) is 4.80 Å². The molecule has 0 aliphatic carbocycles. The van der Waals surface area contributed by atoms with Gasteiger partial charge in [0.2, 0.25) is 0 Å². The van der Waals surface area contributed by atoms with Crippen LogP contribution in [0.4, 0.5) is 17.1 Å². The van der Waals surface area contributed by atoms with Gasteiger partial charge in [0.25, 0.3) is 0 Å². The topological polar surface area (TPSA) is 56.0 Å². The predicted octanol–water partition coefficient (Wildman–Crippen LogP) is 9.88. The van der Waals surface area contributed by atoms with Crippen LogP contribution in [0, 0.1) is 0 Å². The van der Waals surface area contributed by atoms with Crippen LogP contribution in [0.15, 0.2) is 163 Å². The first-order valence-electron chi connectivity index (χ1n) is 16.3. The van der Waals surface area contributed by atoms with Gasteiger partial charge in [-0.15, -0.1) is 10.2 Å². The van der Waals surface area contributed by atoms with Gasteiger partial charge in [0.15, 0.2) is 5.43 Å². The Morgan fingerprint density at radius 2 is 1.00 bits per heavy atom. The number of aromatic nitrogens is 4. The number of hydrogen-bond acceptors (Lipinski definition) is 4. The van der Waals surface area contributed by atoms with Crippen molar-refractivity contribution < 1.29 is 0 Å². The van der Waals surface area contributed by atoms with E-state index in [9.17, 15) is 4.79 Å². The fourth-order valence-electron chi connectivity index (χ4n) is 7.42. The Hall–Kier alpha value is -6.79. The summed E-state index contributed by atoms with van der Waals surface area (Å²) >= 11 is 0. The third kappa shape index (κ3) is 3.98. The summed E-state index contributed by atoms with van der Waals surface area (Å²) in [6.45, 7) is 4.42. The quantitative estimate of drug-likeness (QED) is 0.183. The van der Waals surface area contributed by atoms with Crippen molar-refractivity contribution in [3.8, 4) is 11.4 Å². The highest BCUT2D eigenvalue weighted by atomic mass is 16.1. The molecule has 2 aromatic heterocycles. The molecule has 0 saturated heterocycles. The molecule has 6 nitrogen and oxygen atoms in total.